The average Bonchev–Trinajstić information content (AvgIpc) is 2.43. The summed E-state index contributed by atoms with van der Waals surface area (Å²) in [6.07, 6.45) is 2.62. The minimum Gasteiger partial charge on any atom is -0.383 e. The lowest BCUT2D eigenvalue weighted by molar-refractivity contribution is -0.00918. The molecule has 1 heterocycles. The number of ether oxygens (including phenoxy) is 2. The summed E-state index contributed by atoms with van der Waals surface area (Å²) in [7, 11) is 3.38. The Morgan fingerprint density at radius 2 is 2.17 bits per heavy atom. The van der Waals surface area contributed by atoms with Crippen molar-refractivity contribution in [2.24, 2.45) is 0 Å². The van der Waals surface area contributed by atoms with Crippen molar-refractivity contribution >= 4 is 0 Å². The summed E-state index contributed by atoms with van der Waals surface area (Å²) in [5, 5.41) is 3.26. The van der Waals surface area contributed by atoms with Gasteiger partial charge in [0.15, 0.2) is 5.82 Å². The van der Waals surface area contributed by atoms with Crippen LogP contribution in [0.3, 0.4) is 0 Å². The number of rotatable bonds is 8. The molecule has 0 amide bonds. The molecule has 0 radical (unpaired) electrons. The summed E-state index contributed by atoms with van der Waals surface area (Å²) in [5.74, 6) is 0.735. The lowest BCUT2D eigenvalue weighted by Crippen LogP contribution is -2.27. The molecule has 0 aliphatic carbocycles. The minimum absolute atomic E-state index is 0.414. The molecule has 1 atom stereocenters. The largest absolute Gasteiger partial charge is 0.383 e. The van der Waals surface area contributed by atoms with Crippen molar-refractivity contribution in [2.45, 2.75) is 32.4 Å². The van der Waals surface area contributed by atoms with Crippen molar-refractivity contribution in [3.8, 4) is 0 Å². The van der Waals surface area contributed by atoms with Crippen LogP contribution in [0.25, 0.3) is 0 Å². The van der Waals surface area contributed by atoms with Crippen LogP contribution in [-0.4, -0.2) is 37.3 Å². The molecule has 1 aromatic rings. The Morgan fingerprint density at radius 3 is 2.78 bits per heavy atom. The smallest absolute Gasteiger partial charge is 0.160 e. The highest BCUT2D eigenvalue weighted by Gasteiger charge is 2.27. The molecule has 5 heteroatoms. The molecule has 1 N–H and O–H groups in total. The molecule has 1 unspecified atom stereocenters. The average molecular weight is 253 g/mol. The second-order valence-corrected chi connectivity index (χ2v) is 4.33. The first kappa shape index (κ1) is 15.0. The third kappa shape index (κ3) is 4.01. The van der Waals surface area contributed by atoms with Gasteiger partial charge in [-0.25, -0.2) is 9.97 Å². The van der Waals surface area contributed by atoms with Gasteiger partial charge in [-0.15, -0.1) is 0 Å². The Morgan fingerprint density at radius 1 is 1.39 bits per heavy atom. The maximum Gasteiger partial charge on any atom is 0.160 e. The first-order valence-electron chi connectivity index (χ1n) is 6.23. The van der Waals surface area contributed by atoms with Gasteiger partial charge in [-0.05, 0) is 19.4 Å². The van der Waals surface area contributed by atoms with E-state index in [0.29, 0.717) is 13.2 Å². The van der Waals surface area contributed by atoms with E-state index in [2.05, 4.69) is 22.2 Å². The molecule has 0 aliphatic heterocycles. The van der Waals surface area contributed by atoms with E-state index in [1.165, 1.54) is 0 Å². The zero-order valence-corrected chi connectivity index (χ0v) is 11.7. The Kier molecular flexibility index (Phi) is 6.18. The standard InChI is InChI=1S/C13H23N3O2/c1-5-13(2,18-4)12-15-7-6-11(16-12)10-14-8-9-17-3/h6-7,14H,5,8-10H2,1-4H3. The summed E-state index contributed by atoms with van der Waals surface area (Å²) in [6.45, 7) is 6.29. The molecule has 0 bridgehead atoms. The fraction of sp³-hybridized carbons (Fsp3) is 0.692. The van der Waals surface area contributed by atoms with Gasteiger partial charge >= 0.3 is 0 Å². The summed E-state index contributed by atoms with van der Waals surface area (Å²) < 4.78 is 10.5. The lowest BCUT2D eigenvalue weighted by Gasteiger charge is -2.25. The molecule has 0 aromatic carbocycles. The molecule has 1 aromatic heterocycles. The SMILES string of the molecule is CCC(C)(OC)c1nccc(CNCCOC)n1. The highest BCUT2D eigenvalue weighted by Crippen LogP contribution is 2.24. The van der Waals surface area contributed by atoms with Gasteiger partial charge in [-0.3, -0.25) is 0 Å². The third-order valence-corrected chi connectivity index (χ3v) is 3.10. The topological polar surface area (TPSA) is 56.3 Å². The van der Waals surface area contributed by atoms with Crippen molar-refractivity contribution in [3.63, 3.8) is 0 Å². The molecular weight excluding hydrogens is 230 g/mol. The first-order chi connectivity index (χ1) is 8.66. The highest BCUT2D eigenvalue weighted by molar-refractivity contribution is 5.07. The quantitative estimate of drug-likeness (QED) is 0.711. The third-order valence-electron chi connectivity index (χ3n) is 3.10. The second-order valence-electron chi connectivity index (χ2n) is 4.33. The van der Waals surface area contributed by atoms with E-state index in [1.54, 1.807) is 20.4 Å². The van der Waals surface area contributed by atoms with Gasteiger partial charge in [-0.2, -0.15) is 0 Å². The van der Waals surface area contributed by atoms with Crippen LogP contribution in [0, 0.1) is 0 Å². The van der Waals surface area contributed by atoms with Crippen LogP contribution < -0.4 is 5.32 Å². The van der Waals surface area contributed by atoms with E-state index in [-0.39, 0.29) is 0 Å². The van der Waals surface area contributed by atoms with E-state index in [9.17, 15) is 0 Å². The van der Waals surface area contributed by atoms with Crippen LogP contribution in [0.5, 0.6) is 0 Å². The minimum atomic E-state index is -0.414. The lowest BCUT2D eigenvalue weighted by atomic mass is 10.0. The van der Waals surface area contributed by atoms with Crippen molar-refractivity contribution in [1.82, 2.24) is 15.3 Å². The Hall–Kier alpha value is -1.04. The summed E-state index contributed by atoms with van der Waals surface area (Å²) in [6, 6.07) is 1.91. The predicted molar refractivity (Wildman–Crippen MR) is 70.3 cm³/mol. The maximum atomic E-state index is 5.51. The first-order valence-corrected chi connectivity index (χ1v) is 6.23. The van der Waals surface area contributed by atoms with Crippen LogP contribution in [0.1, 0.15) is 31.8 Å². The van der Waals surface area contributed by atoms with Gasteiger partial charge in [0, 0.05) is 33.5 Å². The van der Waals surface area contributed by atoms with Gasteiger partial charge in [0.05, 0.1) is 12.3 Å². The number of hydrogen-bond donors (Lipinski definition) is 1. The van der Waals surface area contributed by atoms with Crippen LogP contribution in [-0.2, 0) is 21.6 Å². The Labute approximate surface area is 109 Å². The van der Waals surface area contributed by atoms with Crippen LogP contribution in [0.15, 0.2) is 12.3 Å². The molecule has 102 valence electrons. The molecule has 0 saturated heterocycles. The summed E-state index contributed by atoms with van der Waals surface area (Å²) in [4.78, 5) is 8.85. The molecule has 5 nitrogen and oxygen atoms in total. The summed E-state index contributed by atoms with van der Waals surface area (Å²) >= 11 is 0. The monoisotopic (exact) mass is 253 g/mol. The number of hydrogen-bond acceptors (Lipinski definition) is 5. The zero-order valence-electron chi connectivity index (χ0n) is 11.7. The molecule has 0 spiro atoms. The van der Waals surface area contributed by atoms with E-state index >= 15 is 0 Å². The van der Waals surface area contributed by atoms with E-state index in [0.717, 1.165) is 24.5 Å². The highest BCUT2D eigenvalue weighted by atomic mass is 16.5. The van der Waals surface area contributed by atoms with Crippen LogP contribution in [0.2, 0.25) is 0 Å². The zero-order chi connectivity index (χ0) is 13.4. The number of nitrogens with zero attached hydrogens (tertiary/aromatic N) is 2. The molecule has 0 fully saturated rings. The summed E-state index contributed by atoms with van der Waals surface area (Å²) in [5.41, 5.74) is 0.551. The second kappa shape index (κ2) is 7.41. The van der Waals surface area contributed by atoms with E-state index in [1.807, 2.05) is 13.0 Å². The number of nitrogens with one attached hydrogen (secondary N) is 1. The molecule has 0 aliphatic rings. The van der Waals surface area contributed by atoms with Crippen molar-refractivity contribution in [3.05, 3.63) is 23.8 Å². The van der Waals surface area contributed by atoms with Crippen LogP contribution >= 0.6 is 0 Å². The van der Waals surface area contributed by atoms with E-state index in [4.69, 9.17) is 9.47 Å². The normalized spacial score (nSPS) is 14.4. The molecule has 1 rings (SSSR count). The fourth-order valence-corrected chi connectivity index (χ4v) is 1.53. The van der Waals surface area contributed by atoms with Crippen molar-refractivity contribution in [1.29, 1.82) is 0 Å². The van der Waals surface area contributed by atoms with E-state index < -0.39 is 5.60 Å². The maximum absolute atomic E-state index is 5.51. The fourth-order valence-electron chi connectivity index (χ4n) is 1.53. The van der Waals surface area contributed by atoms with Gasteiger partial charge < -0.3 is 14.8 Å². The number of methoxy groups -OCH3 is 2. The predicted octanol–water partition coefficient (Wildman–Crippen LogP) is 1.48. The molecular formula is C13H23N3O2. The van der Waals surface area contributed by atoms with Crippen molar-refractivity contribution < 1.29 is 9.47 Å². The number of aromatic nitrogens is 2. The Bertz CT molecular complexity index is 354. The molecule has 18 heavy (non-hydrogen) atoms. The van der Waals surface area contributed by atoms with Crippen LogP contribution in [0.4, 0.5) is 0 Å². The van der Waals surface area contributed by atoms with Gasteiger partial charge in [0.1, 0.15) is 5.60 Å². The van der Waals surface area contributed by atoms with Gasteiger partial charge in [0.2, 0.25) is 0 Å². The van der Waals surface area contributed by atoms with Gasteiger partial charge in [0.25, 0.3) is 0 Å². The Balaban J connectivity index is 2.67. The van der Waals surface area contributed by atoms with Gasteiger partial charge in [-0.1, -0.05) is 6.92 Å². The molecule has 0 saturated carbocycles. The van der Waals surface area contributed by atoms with Crippen molar-refractivity contribution in [2.75, 3.05) is 27.4 Å².